The second kappa shape index (κ2) is 5.27. The van der Waals surface area contributed by atoms with Crippen LogP contribution in [-0.4, -0.2) is 30.4 Å². The third-order valence-corrected chi connectivity index (χ3v) is 4.12. The normalized spacial score (nSPS) is 10.5. The number of hydrogen-bond acceptors (Lipinski definition) is 7. The Morgan fingerprint density at radius 2 is 2.44 bits per heavy atom. The van der Waals surface area contributed by atoms with Crippen LogP contribution in [0.3, 0.4) is 0 Å². The first kappa shape index (κ1) is 12.7. The van der Waals surface area contributed by atoms with Gasteiger partial charge in [-0.2, -0.15) is 0 Å². The Kier molecular flexibility index (Phi) is 3.72. The van der Waals surface area contributed by atoms with Crippen molar-refractivity contribution in [3.05, 3.63) is 29.0 Å². The van der Waals surface area contributed by atoms with Gasteiger partial charge in [0.05, 0.1) is 7.05 Å². The Balaban J connectivity index is 2.28. The van der Waals surface area contributed by atoms with E-state index in [1.807, 2.05) is 0 Å². The highest BCUT2D eigenvalue weighted by molar-refractivity contribution is 8.01. The molecule has 0 aliphatic rings. The highest BCUT2D eigenvalue weighted by Gasteiger charge is 2.21. The van der Waals surface area contributed by atoms with Crippen LogP contribution in [0.15, 0.2) is 23.2 Å². The summed E-state index contributed by atoms with van der Waals surface area (Å²) in [5.41, 5.74) is 0. The Morgan fingerprint density at radius 1 is 1.67 bits per heavy atom. The van der Waals surface area contributed by atoms with Crippen LogP contribution in [-0.2, 0) is 7.05 Å². The van der Waals surface area contributed by atoms with Crippen LogP contribution >= 0.6 is 23.1 Å². The average Bonchev–Trinajstić information content (AvgIpc) is 2.92. The van der Waals surface area contributed by atoms with Crippen molar-refractivity contribution < 1.29 is 4.92 Å². The largest absolute Gasteiger partial charge is 0.358 e. The zero-order valence-corrected chi connectivity index (χ0v) is 11.1. The number of hydrogen-bond donors (Lipinski definition) is 0. The number of aromatic nitrogens is 4. The molecular formula is C9H9N5O2S2. The van der Waals surface area contributed by atoms with Crippen LogP contribution in [0.2, 0.25) is 0 Å². The summed E-state index contributed by atoms with van der Waals surface area (Å²) >= 11 is 2.86. The fourth-order valence-electron chi connectivity index (χ4n) is 1.26. The Morgan fingerprint density at radius 3 is 3.06 bits per heavy atom. The van der Waals surface area contributed by atoms with Gasteiger partial charge in [0.15, 0.2) is 4.34 Å². The molecule has 7 nitrogen and oxygen atoms in total. The van der Waals surface area contributed by atoms with E-state index in [2.05, 4.69) is 21.8 Å². The lowest BCUT2D eigenvalue weighted by atomic mass is 10.6. The Bertz CT molecular complexity index is 592. The Labute approximate surface area is 111 Å². The minimum atomic E-state index is -0.481. The number of thioether (sulfide) groups is 1. The molecule has 0 N–H and O–H groups in total. The van der Waals surface area contributed by atoms with Crippen molar-refractivity contribution in [2.45, 2.75) is 4.34 Å². The number of imidazole rings is 1. The van der Waals surface area contributed by atoms with Gasteiger partial charge < -0.3 is 10.1 Å². The molecule has 0 amide bonds. The highest BCUT2D eigenvalue weighted by Crippen LogP contribution is 2.29. The van der Waals surface area contributed by atoms with Crippen LogP contribution in [0.4, 0.5) is 5.82 Å². The van der Waals surface area contributed by atoms with E-state index >= 15 is 0 Å². The molecule has 0 radical (unpaired) electrons. The number of nitrogens with zero attached hydrogens (tertiary/aromatic N) is 5. The molecular weight excluding hydrogens is 274 g/mol. The smallest absolute Gasteiger partial charge is 0.342 e. The van der Waals surface area contributed by atoms with Crippen molar-refractivity contribution in [1.29, 1.82) is 0 Å². The van der Waals surface area contributed by atoms with Gasteiger partial charge in [0.25, 0.3) is 5.82 Å². The molecule has 2 aromatic rings. The van der Waals surface area contributed by atoms with Crippen molar-refractivity contribution in [2.24, 2.45) is 7.05 Å². The minimum absolute atomic E-state index is 0.0690. The molecule has 0 aliphatic carbocycles. The van der Waals surface area contributed by atoms with Gasteiger partial charge in [0, 0.05) is 5.75 Å². The van der Waals surface area contributed by atoms with E-state index in [1.54, 1.807) is 13.1 Å². The molecule has 0 bridgehead atoms. The fraction of sp³-hybridized carbons (Fsp3) is 0.222. The van der Waals surface area contributed by atoms with Crippen molar-refractivity contribution in [3.63, 3.8) is 0 Å². The maximum absolute atomic E-state index is 10.7. The lowest BCUT2D eigenvalue weighted by molar-refractivity contribution is -0.391. The monoisotopic (exact) mass is 283 g/mol. The van der Waals surface area contributed by atoms with Gasteiger partial charge in [-0.15, -0.1) is 16.8 Å². The number of nitro groups is 1. The molecule has 0 atom stereocenters. The summed E-state index contributed by atoms with van der Waals surface area (Å²) in [7, 11) is 1.58. The van der Waals surface area contributed by atoms with Crippen LogP contribution in [0, 0.1) is 10.1 Å². The topological polar surface area (TPSA) is 86.7 Å². The van der Waals surface area contributed by atoms with E-state index in [-0.39, 0.29) is 5.82 Å². The second-order valence-corrected chi connectivity index (χ2v) is 5.47. The third-order valence-electron chi connectivity index (χ3n) is 2.07. The van der Waals surface area contributed by atoms with E-state index in [1.165, 1.54) is 33.9 Å². The summed E-state index contributed by atoms with van der Waals surface area (Å²) in [5.74, 6) is 1.13. The SMILES string of the molecule is C=CCSc1nnc(-c2ncc([N+](=O)[O-])n2C)s1. The van der Waals surface area contributed by atoms with Crippen LogP contribution in [0.25, 0.3) is 10.8 Å². The summed E-state index contributed by atoms with van der Waals surface area (Å²) in [6.07, 6.45) is 2.99. The summed E-state index contributed by atoms with van der Waals surface area (Å²) in [5, 5.41) is 19.2. The first-order chi connectivity index (χ1) is 8.63. The first-order valence-electron chi connectivity index (χ1n) is 4.87. The fourth-order valence-corrected chi connectivity index (χ4v) is 2.90. The molecule has 0 unspecified atom stereocenters. The van der Waals surface area contributed by atoms with Crippen molar-refractivity contribution >= 4 is 28.9 Å². The molecule has 18 heavy (non-hydrogen) atoms. The first-order valence-corrected chi connectivity index (χ1v) is 6.67. The average molecular weight is 283 g/mol. The van der Waals surface area contributed by atoms with Crippen molar-refractivity contribution in [2.75, 3.05) is 5.75 Å². The number of rotatable bonds is 5. The molecule has 0 fully saturated rings. The molecule has 0 saturated heterocycles. The van der Waals surface area contributed by atoms with E-state index in [0.29, 0.717) is 10.8 Å². The molecule has 9 heteroatoms. The van der Waals surface area contributed by atoms with Gasteiger partial charge in [-0.25, -0.2) is 9.55 Å². The predicted octanol–water partition coefficient (Wildman–Crippen LogP) is 2.12. The molecule has 94 valence electrons. The Hall–Kier alpha value is -1.74. The predicted molar refractivity (Wildman–Crippen MR) is 69.7 cm³/mol. The summed E-state index contributed by atoms with van der Waals surface area (Å²) in [4.78, 5) is 14.2. The lowest BCUT2D eigenvalue weighted by Crippen LogP contribution is -1.98. The van der Waals surface area contributed by atoms with E-state index in [9.17, 15) is 10.1 Å². The van der Waals surface area contributed by atoms with Gasteiger partial charge in [0.2, 0.25) is 5.01 Å². The standard InChI is InChI=1S/C9H9N5O2S2/c1-3-4-17-9-12-11-8(18-9)7-10-5-6(13(7)2)14(15)16/h3,5H,1,4H2,2H3. The van der Waals surface area contributed by atoms with Gasteiger partial charge in [-0.1, -0.05) is 29.2 Å². The molecule has 0 spiro atoms. The molecule has 2 rings (SSSR count). The molecule has 0 saturated carbocycles. The summed E-state index contributed by atoms with van der Waals surface area (Å²) < 4.78 is 2.18. The summed E-state index contributed by atoms with van der Waals surface area (Å²) in [6.45, 7) is 3.62. The second-order valence-electron chi connectivity index (χ2n) is 3.23. The highest BCUT2D eigenvalue weighted by atomic mass is 32.2. The van der Waals surface area contributed by atoms with E-state index in [0.717, 1.165) is 10.1 Å². The van der Waals surface area contributed by atoms with Gasteiger partial charge in [-0.05, 0) is 4.92 Å². The van der Waals surface area contributed by atoms with Crippen LogP contribution in [0.1, 0.15) is 0 Å². The van der Waals surface area contributed by atoms with Crippen molar-refractivity contribution in [1.82, 2.24) is 19.7 Å². The van der Waals surface area contributed by atoms with Gasteiger partial charge in [-0.3, -0.25) is 0 Å². The molecule has 2 heterocycles. The minimum Gasteiger partial charge on any atom is -0.358 e. The molecule has 0 aromatic carbocycles. The lowest BCUT2D eigenvalue weighted by Gasteiger charge is -1.94. The third kappa shape index (κ3) is 2.41. The summed E-state index contributed by atoms with van der Waals surface area (Å²) in [6, 6.07) is 0. The van der Waals surface area contributed by atoms with E-state index < -0.39 is 4.92 Å². The molecule has 2 aromatic heterocycles. The molecule has 0 aliphatic heterocycles. The van der Waals surface area contributed by atoms with E-state index in [4.69, 9.17) is 0 Å². The zero-order valence-electron chi connectivity index (χ0n) is 9.44. The quantitative estimate of drug-likeness (QED) is 0.361. The van der Waals surface area contributed by atoms with Gasteiger partial charge >= 0.3 is 5.82 Å². The maximum atomic E-state index is 10.7. The zero-order chi connectivity index (χ0) is 13.1. The van der Waals surface area contributed by atoms with Crippen LogP contribution in [0.5, 0.6) is 0 Å². The van der Waals surface area contributed by atoms with Crippen LogP contribution < -0.4 is 0 Å². The van der Waals surface area contributed by atoms with Gasteiger partial charge in [0.1, 0.15) is 6.20 Å². The van der Waals surface area contributed by atoms with Crippen molar-refractivity contribution in [3.8, 4) is 10.8 Å². The maximum Gasteiger partial charge on any atom is 0.342 e.